The Morgan fingerprint density at radius 3 is 2.78 bits per heavy atom. The lowest BCUT2D eigenvalue weighted by atomic mass is 10.1. The van der Waals surface area contributed by atoms with E-state index >= 15 is 0 Å². The molecule has 0 fully saturated rings. The highest BCUT2D eigenvalue weighted by Gasteiger charge is 2.17. The molecular formula is C13H11Br2IOS. The van der Waals surface area contributed by atoms with Crippen LogP contribution in [-0.2, 0) is 0 Å². The SMILES string of the molecule is CCOc1ccc(Br)cc1C(Br)c1csc(I)c1. The Labute approximate surface area is 141 Å². The average molecular weight is 502 g/mol. The van der Waals surface area contributed by atoms with Crippen molar-refractivity contribution in [3.05, 3.63) is 48.1 Å². The normalized spacial score (nSPS) is 12.4. The molecule has 2 aromatic rings. The first-order chi connectivity index (χ1) is 8.61. The number of hydrogen-bond acceptors (Lipinski definition) is 2. The maximum Gasteiger partial charge on any atom is 0.124 e. The fourth-order valence-electron chi connectivity index (χ4n) is 1.64. The van der Waals surface area contributed by atoms with Crippen LogP contribution in [-0.4, -0.2) is 6.61 Å². The highest BCUT2D eigenvalue weighted by molar-refractivity contribution is 14.1. The van der Waals surface area contributed by atoms with E-state index in [1.54, 1.807) is 11.3 Å². The van der Waals surface area contributed by atoms with Gasteiger partial charge in [-0.3, -0.25) is 0 Å². The highest BCUT2D eigenvalue weighted by Crippen LogP contribution is 2.39. The van der Waals surface area contributed by atoms with E-state index < -0.39 is 0 Å². The van der Waals surface area contributed by atoms with E-state index in [4.69, 9.17) is 4.74 Å². The monoisotopic (exact) mass is 500 g/mol. The van der Waals surface area contributed by atoms with Gasteiger partial charge in [-0.2, -0.15) is 0 Å². The Bertz CT molecular complexity index is 542. The lowest BCUT2D eigenvalue weighted by Gasteiger charge is -2.15. The maximum absolute atomic E-state index is 5.69. The second kappa shape index (κ2) is 6.72. The molecule has 0 radical (unpaired) electrons. The summed E-state index contributed by atoms with van der Waals surface area (Å²) in [7, 11) is 0. The van der Waals surface area contributed by atoms with Crippen molar-refractivity contribution in [3.8, 4) is 5.75 Å². The summed E-state index contributed by atoms with van der Waals surface area (Å²) >= 11 is 11.4. The van der Waals surface area contributed by atoms with Crippen LogP contribution in [0.25, 0.3) is 0 Å². The minimum absolute atomic E-state index is 0.163. The van der Waals surface area contributed by atoms with Crippen molar-refractivity contribution in [3.63, 3.8) is 0 Å². The van der Waals surface area contributed by atoms with Crippen LogP contribution >= 0.6 is 65.8 Å². The number of hydrogen-bond donors (Lipinski definition) is 0. The molecule has 0 amide bonds. The van der Waals surface area contributed by atoms with Crippen LogP contribution in [0.4, 0.5) is 0 Å². The van der Waals surface area contributed by atoms with Gasteiger partial charge in [0.05, 0.1) is 14.3 Å². The molecule has 5 heteroatoms. The number of rotatable bonds is 4. The fraction of sp³-hybridized carbons (Fsp3) is 0.231. The van der Waals surface area contributed by atoms with Crippen molar-refractivity contribution in [1.29, 1.82) is 0 Å². The first-order valence-electron chi connectivity index (χ1n) is 5.42. The van der Waals surface area contributed by atoms with E-state index in [1.165, 1.54) is 8.45 Å². The van der Waals surface area contributed by atoms with E-state index in [9.17, 15) is 0 Å². The summed E-state index contributed by atoms with van der Waals surface area (Å²) < 4.78 is 8.05. The quantitative estimate of drug-likeness (QED) is 0.369. The predicted molar refractivity (Wildman–Crippen MR) is 93.1 cm³/mol. The third-order valence-electron chi connectivity index (χ3n) is 2.43. The predicted octanol–water partition coefficient (Wildman–Crippen LogP) is 6.00. The van der Waals surface area contributed by atoms with Gasteiger partial charge in [-0.25, -0.2) is 0 Å². The van der Waals surface area contributed by atoms with E-state index in [0.717, 1.165) is 15.8 Å². The van der Waals surface area contributed by atoms with E-state index in [-0.39, 0.29) is 4.83 Å². The van der Waals surface area contributed by atoms with Crippen molar-refractivity contribution in [2.75, 3.05) is 6.61 Å². The molecule has 0 aliphatic heterocycles. The van der Waals surface area contributed by atoms with Gasteiger partial charge in [-0.1, -0.05) is 31.9 Å². The molecule has 0 bridgehead atoms. The zero-order chi connectivity index (χ0) is 13.1. The number of thiophene rings is 1. The molecule has 0 saturated carbocycles. The summed E-state index contributed by atoms with van der Waals surface area (Å²) in [4.78, 5) is 0.163. The van der Waals surface area contributed by atoms with Gasteiger partial charge in [0.2, 0.25) is 0 Å². The van der Waals surface area contributed by atoms with Gasteiger partial charge in [0.1, 0.15) is 5.75 Å². The first-order valence-corrected chi connectivity index (χ1v) is 9.08. The molecule has 0 aliphatic rings. The summed E-state index contributed by atoms with van der Waals surface area (Å²) in [5.41, 5.74) is 2.42. The lowest BCUT2D eigenvalue weighted by molar-refractivity contribution is 0.337. The fourth-order valence-corrected chi connectivity index (χ4v) is 4.21. The van der Waals surface area contributed by atoms with Gasteiger partial charge < -0.3 is 4.74 Å². The first kappa shape index (κ1) is 14.8. The molecule has 1 heterocycles. The van der Waals surface area contributed by atoms with E-state index in [1.807, 2.05) is 19.1 Å². The minimum Gasteiger partial charge on any atom is -0.494 e. The maximum atomic E-state index is 5.69. The molecule has 0 N–H and O–H groups in total. The van der Waals surface area contributed by atoms with Crippen LogP contribution in [0.2, 0.25) is 0 Å². The van der Waals surface area contributed by atoms with Crippen LogP contribution in [0, 0.1) is 2.88 Å². The summed E-state index contributed by atoms with van der Waals surface area (Å²) in [5, 5.41) is 2.18. The summed E-state index contributed by atoms with van der Waals surface area (Å²) in [6.45, 7) is 2.68. The number of ether oxygens (including phenoxy) is 1. The lowest BCUT2D eigenvalue weighted by Crippen LogP contribution is -1.99. The molecule has 1 nitrogen and oxygen atoms in total. The smallest absolute Gasteiger partial charge is 0.124 e. The molecule has 18 heavy (non-hydrogen) atoms. The molecule has 0 aliphatic carbocycles. The third kappa shape index (κ3) is 3.49. The summed E-state index contributed by atoms with van der Waals surface area (Å²) in [5.74, 6) is 0.934. The summed E-state index contributed by atoms with van der Waals surface area (Å²) in [6, 6.07) is 8.32. The zero-order valence-electron chi connectivity index (χ0n) is 9.62. The largest absolute Gasteiger partial charge is 0.494 e. The second-order valence-electron chi connectivity index (χ2n) is 3.66. The minimum atomic E-state index is 0.163. The molecule has 1 unspecified atom stereocenters. The molecule has 0 saturated heterocycles. The van der Waals surface area contributed by atoms with Crippen molar-refractivity contribution < 1.29 is 4.74 Å². The standard InChI is InChI=1S/C13H11Br2IOS/c1-2-17-11-4-3-9(14)6-10(11)13(15)8-5-12(16)18-7-8/h3-7,13H,2H2,1H3. The molecule has 1 aromatic heterocycles. The van der Waals surface area contributed by atoms with Crippen molar-refractivity contribution in [1.82, 2.24) is 0 Å². The third-order valence-corrected chi connectivity index (χ3v) is 5.75. The van der Waals surface area contributed by atoms with Crippen LogP contribution in [0.1, 0.15) is 22.9 Å². The number of halogens is 3. The molecule has 1 aromatic carbocycles. The van der Waals surface area contributed by atoms with Crippen LogP contribution < -0.4 is 4.74 Å². The van der Waals surface area contributed by atoms with E-state index in [0.29, 0.717) is 6.61 Å². The molecule has 96 valence electrons. The Morgan fingerprint density at radius 1 is 1.39 bits per heavy atom. The Balaban J connectivity index is 2.39. The topological polar surface area (TPSA) is 9.23 Å². The van der Waals surface area contributed by atoms with Crippen LogP contribution in [0.5, 0.6) is 5.75 Å². The number of alkyl halides is 1. The molecular weight excluding hydrogens is 491 g/mol. The second-order valence-corrected chi connectivity index (χ2v) is 8.30. The van der Waals surface area contributed by atoms with Crippen molar-refractivity contribution >= 4 is 65.8 Å². The van der Waals surface area contributed by atoms with Crippen molar-refractivity contribution in [2.24, 2.45) is 0 Å². The summed E-state index contributed by atoms with van der Waals surface area (Å²) in [6.07, 6.45) is 0. The average Bonchev–Trinajstić information content (AvgIpc) is 2.77. The van der Waals surface area contributed by atoms with Gasteiger partial charge in [0.15, 0.2) is 0 Å². The molecule has 1 atom stereocenters. The van der Waals surface area contributed by atoms with Gasteiger partial charge in [-0.05, 0) is 64.7 Å². The highest BCUT2D eigenvalue weighted by atomic mass is 127. The van der Waals surface area contributed by atoms with Gasteiger partial charge >= 0.3 is 0 Å². The Morgan fingerprint density at radius 2 is 2.17 bits per heavy atom. The molecule has 0 spiro atoms. The van der Waals surface area contributed by atoms with Crippen molar-refractivity contribution in [2.45, 2.75) is 11.8 Å². The zero-order valence-corrected chi connectivity index (χ0v) is 15.8. The van der Waals surface area contributed by atoms with Gasteiger partial charge in [-0.15, -0.1) is 11.3 Å². The van der Waals surface area contributed by atoms with Crippen LogP contribution in [0.15, 0.2) is 34.1 Å². The van der Waals surface area contributed by atoms with E-state index in [2.05, 4.69) is 72.0 Å². The van der Waals surface area contributed by atoms with Crippen LogP contribution in [0.3, 0.4) is 0 Å². The Hall–Kier alpha value is 0.410. The molecule has 2 rings (SSSR count). The van der Waals surface area contributed by atoms with Gasteiger partial charge in [0, 0.05) is 10.0 Å². The Kier molecular flexibility index (Phi) is 5.53. The van der Waals surface area contributed by atoms with Gasteiger partial charge in [0.25, 0.3) is 0 Å². The number of benzene rings is 1.